The molecule has 1 atom stereocenters. The summed E-state index contributed by atoms with van der Waals surface area (Å²) in [7, 11) is 0. The predicted molar refractivity (Wildman–Crippen MR) is 61.5 cm³/mol. The smallest absolute Gasteiger partial charge is 0.0808 e. The van der Waals surface area contributed by atoms with E-state index in [9.17, 15) is 5.11 Å². The molecule has 1 aromatic rings. The molecule has 0 aliphatic carbocycles. The van der Waals surface area contributed by atoms with Gasteiger partial charge in [0.1, 0.15) is 0 Å². The Balaban J connectivity index is 2.16. The van der Waals surface area contributed by atoms with Crippen LogP contribution in [0, 0.1) is 0 Å². The molecule has 1 rings (SSSR count). The van der Waals surface area contributed by atoms with Gasteiger partial charge in [-0.05, 0) is 18.9 Å². The molecule has 0 aliphatic rings. The van der Waals surface area contributed by atoms with Crippen molar-refractivity contribution in [3.05, 3.63) is 48.0 Å². The molecule has 1 N–H and O–H groups in total. The second kappa shape index (κ2) is 7.21. The van der Waals surface area contributed by atoms with Gasteiger partial charge in [0.05, 0.1) is 19.3 Å². The van der Waals surface area contributed by atoms with Gasteiger partial charge in [-0.3, -0.25) is 0 Å². The van der Waals surface area contributed by atoms with Gasteiger partial charge in [0, 0.05) is 0 Å². The van der Waals surface area contributed by atoms with E-state index in [0.29, 0.717) is 19.6 Å². The van der Waals surface area contributed by atoms with Crippen molar-refractivity contribution in [2.75, 3.05) is 6.61 Å². The standard InChI is InChI=1S/C13H18O2/c1-2-3-9-13(14)11-15-10-12-7-5-4-6-8-12/h2-8,13-14H,9-11H2,1H3/t13-/m1/s1. The van der Waals surface area contributed by atoms with Gasteiger partial charge in [0.2, 0.25) is 0 Å². The lowest BCUT2D eigenvalue weighted by molar-refractivity contribution is 0.0301. The molecule has 0 saturated heterocycles. The van der Waals surface area contributed by atoms with Crippen LogP contribution in [0.4, 0.5) is 0 Å². The quantitative estimate of drug-likeness (QED) is 0.725. The number of hydrogen-bond donors (Lipinski definition) is 1. The van der Waals surface area contributed by atoms with Crippen LogP contribution in [0.5, 0.6) is 0 Å². The van der Waals surface area contributed by atoms with Gasteiger partial charge in [0.25, 0.3) is 0 Å². The van der Waals surface area contributed by atoms with Gasteiger partial charge in [-0.15, -0.1) is 0 Å². The zero-order chi connectivity index (χ0) is 10.9. The summed E-state index contributed by atoms with van der Waals surface area (Å²) >= 11 is 0. The molecular formula is C13H18O2. The molecule has 82 valence electrons. The zero-order valence-electron chi connectivity index (χ0n) is 9.10. The van der Waals surface area contributed by atoms with E-state index in [-0.39, 0.29) is 0 Å². The topological polar surface area (TPSA) is 29.5 Å². The largest absolute Gasteiger partial charge is 0.390 e. The molecule has 0 radical (unpaired) electrons. The molecule has 0 spiro atoms. The molecule has 0 aliphatic heterocycles. The van der Waals surface area contributed by atoms with Crippen LogP contribution in [0.25, 0.3) is 0 Å². The molecule has 2 heteroatoms. The van der Waals surface area contributed by atoms with Crippen molar-refractivity contribution in [3.8, 4) is 0 Å². The first kappa shape index (κ1) is 12.0. The highest BCUT2D eigenvalue weighted by Crippen LogP contribution is 2.02. The van der Waals surface area contributed by atoms with Crippen LogP contribution in [0.3, 0.4) is 0 Å². The van der Waals surface area contributed by atoms with Crippen LogP contribution >= 0.6 is 0 Å². The number of benzene rings is 1. The van der Waals surface area contributed by atoms with E-state index in [0.717, 1.165) is 5.56 Å². The van der Waals surface area contributed by atoms with Crippen LogP contribution in [0.2, 0.25) is 0 Å². The highest BCUT2D eigenvalue weighted by Gasteiger charge is 2.01. The third-order valence-corrected chi connectivity index (χ3v) is 2.07. The minimum atomic E-state index is -0.398. The Morgan fingerprint density at radius 1 is 1.33 bits per heavy atom. The lowest BCUT2D eigenvalue weighted by Crippen LogP contribution is -2.13. The fourth-order valence-corrected chi connectivity index (χ4v) is 1.25. The van der Waals surface area contributed by atoms with Gasteiger partial charge in [0.15, 0.2) is 0 Å². The highest BCUT2D eigenvalue weighted by atomic mass is 16.5. The van der Waals surface area contributed by atoms with Gasteiger partial charge in [-0.1, -0.05) is 42.5 Å². The molecule has 0 amide bonds. The number of hydrogen-bond acceptors (Lipinski definition) is 2. The Kier molecular flexibility index (Phi) is 5.74. The van der Waals surface area contributed by atoms with E-state index < -0.39 is 6.10 Å². The van der Waals surface area contributed by atoms with Crippen LogP contribution in [-0.2, 0) is 11.3 Å². The van der Waals surface area contributed by atoms with Gasteiger partial charge < -0.3 is 9.84 Å². The third-order valence-electron chi connectivity index (χ3n) is 2.07. The van der Waals surface area contributed by atoms with Crippen molar-refractivity contribution in [3.63, 3.8) is 0 Å². The van der Waals surface area contributed by atoms with Crippen molar-refractivity contribution >= 4 is 0 Å². The summed E-state index contributed by atoms with van der Waals surface area (Å²) in [6.45, 7) is 2.89. The molecule has 1 aromatic carbocycles. The lowest BCUT2D eigenvalue weighted by Gasteiger charge is -2.08. The normalized spacial score (nSPS) is 13.2. The van der Waals surface area contributed by atoms with Crippen LogP contribution in [0.1, 0.15) is 18.9 Å². The molecule has 0 aromatic heterocycles. The number of ether oxygens (including phenoxy) is 1. The predicted octanol–water partition coefficient (Wildman–Crippen LogP) is 2.53. The minimum Gasteiger partial charge on any atom is -0.390 e. The van der Waals surface area contributed by atoms with Gasteiger partial charge in [-0.2, -0.15) is 0 Å². The molecule has 2 nitrogen and oxygen atoms in total. The summed E-state index contributed by atoms with van der Waals surface area (Å²) in [5, 5.41) is 9.48. The van der Waals surface area contributed by atoms with E-state index in [2.05, 4.69) is 0 Å². The maximum absolute atomic E-state index is 9.48. The SMILES string of the molecule is CC=CC[C@@H](O)COCc1ccccc1. The highest BCUT2D eigenvalue weighted by molar-refractivity contribution is 5.13. The van der Waals surface area contributed by atoms with E-state index in [1.807, 2.05) is 49.4 Å². The summed E-state index contributed by atoms with van der Waals surface area (Å²) in [6, 6.07) is 9.96. The van der Waals surface area contributed by atoms with E-state index in [1.54, 1.807) is 0 Å². The first-order chi connectivity index (χ1) is 7.33. The molecule has 0 saturated carbocycles. The number of allylic oxidation sites excluding steroid dienone is 1. The Hall–Kier alpha value is -1.12. The molecule has 15 heavy (non-hydrogen) atoms. The van der Waals surface area contributed by atoms with Crippen molar-refractivity contribution in [2.24, 2.45) is 0 Å². The van der Waals surface area contributed by atoms with Gasteiger partial charge >= 0.3 is 0 Å². The monoisotopic (exact) mass is 206 g/mol. The first-order valence-electron chi connectivity index (χ1n) is 5.24. The lowest BCUT2D eigenvalue weighted by atomic mass is 10.2. The number of aliphatic hydroxyl groups excluding tert-OH is 1. The average molecular weight is 206 g/mol. The maximum atomic E-state index is 9.48. The molecule has 0 fully saturated rings. The summed E-state index contributed by atoms with van der Waals surface area (Å²) in [4.78, 5) is 0. The van der Waals surface area contributed by atoms with Crippen molar-refractivity contribution in [2.45, 2.75) is 26.1 Å². The molecule has 0 heterocycles. The summed E-state index contributed by atoms with van der Waals surface area (Å²) in [6.07, 6.45) is 4.13. The average Bonchev–Trinajstić information content (AvgIpc) is 2.28. The number of aliphatic hydroxyl groups is 1. The van der Waals surface area contributed by atoms with Crippen molar-refractivity contribution in [1.29, 1.82) is 0 Å². The summed E-state index contributed by atoms with van der Waals surface area (Å²) < 4.78 is 5.39. The Morgan fingerprint density at radius 3 is 2.73 bits per heavy atom. The Bertz CT molecular complexity index is 280. The van der Waals surface area contributed by atoms with Crippen molar-refractivity contribution in [1.82, 2.24) is 0 Å². The fraction of sp³-hybridized carbons (Fsp3) is 0.385. The van der Waals surface area contributed by atoms with Crippen LogP contribution in [-0.4, -0.2) is 17.8 Å². The number of rotatable bonds is 6. The van der Waals surface area contributed by atoms with E-state index in [1.165, 1.54) is 0 Å². The summed E-state index contributed by atoms with van der Waals surface area (Å²) in [5.41, 5.74) is 1.13. The second-order valence-corrected chi connectivity index (χ2v) is 3.46. The van der Waals surface area contributed by atoms with Crippen molar-refractivity contribution < 1.29 is 9.84 Å². The van der Waals surface area contributed by atoms with E-state index >= 15 is 0 Å². The van der Waals surface area contributed by atoms with Crippen LogP contribution < -0.4 is 0 Å². The third kappa shape index (κ3) is 5.35. The Morgan fingerprint density at radius 2 is 2.07 bits per heavy atom. The summed E-state index contributed by atoms with van der Waals surface area (Å²) in [5.74, 6) is 0. The minimum absolute atomic E-state index is 0.388. The molecule has 0 bridgehead atoms. The van der Waals surface area contributed by atoms with Crippen LogP contribution in [0.15, 0.2) is 42.5 Å². The first-order valence-corrected chi connectivity index (χ1v) is 5.24. The second-order valence-electron chi connectivity index (χ2n) is 3.46. The Labute approximate surface area is 91.2 Å². The maximum Gasteiger partial charge on any atom is 0.0808 e. The molecular weight excluding hydrogens is 188 g/mol. The van der Waals surface area contributed by atoms with E-state index in [4.69, 9.17) is 4.74 Å². The fourth-order valence-electron chi connectivity index (χ4n) is 1.25. The molecule has 0 unspecified atom stereocenters. The van der Waals surface area contributed by atoms with Gasteiger partial charge in [-0.25, -0.2) is 0 Å². The zero-order valence-corrected chi connectivity index (χ0v) is 9.10.